The third kappa shape index (κ3) is 6.31. The molecule has 0 spiro atoms. The lowest BCUT2D eigenvalue weighted by atomic mass is 10.0. The van der Waals surface area contributed by atoms with Crippen LogP contribution in [-0.4, -0.2) is 22.6 Å². The van der Waals surface area contributed by atoms with Crippen LogP contribution in [0.4, 0.5) is 4.79 Å². The zero-order valence-electron chi connectivity index (χ0n) is 15.0. The number of amides is 1. The van der Waals surface area contributed by atoms with Gasteiger partial charge in [0.2, 0.25) is 0 Å². The number of carbonyl (C=O) groups is 1. The third-order valence-corrected chi connectivity index (χ3v) is 3.57. The number of benzene rings is 1. The van der Waals surface area contributed by atoms with Gasteiger partial charge in [0.25, 0.3) is 0 Å². The first-order valence-corrected chi connectivity index (χ1v) is 8.13. The summed E-state index contributed by atoms with van der Waals surface area (Å²) in [5, 5.41) is 0. The van der Waals surface area contributed by atoms with Crippen molar-refractivity contribution in [2.75, 3.05) is 0 Å². The minimum absolute atomic E-state index is 0.0481. The van der Waals surface area contributed by atoms with E-state index in [-0.39, 0.29) is 12.1 Å². The largest absolute Gasteiger partial charge is 0.444 e. The van der Waals surface area contributed by atoms with Crippen molar-refractivity contribution < 1.29 is 9.53 Å². The fourth-order valence-corrected chi connectivity index (χ4v) is 2.36. The quantitative estimate of drug-likeness (QED) is 0.664. The molecule has 0 saturated carbocycles. The predicted octanol–water partition coefficient (Wildman–Crippen LogP) is 5.33. The van der Waals surface area contributed by atoms with Gasteiger partial charge >= 0.3 is 6.09 Å². The Kier molecular flexibility index (Phi) is 7.08. The number of hydrogen-bond acceptors (Lipinski definition) is 2. The van der Waals surface area contributed by atoms with Crippen molar-refractivity contribution in [3.63, 3.8) is 0 Å². The number of carbonyl (C=O) groups excluding carboxylic acids is 1. The Labute approximate surface area is 140 Å². The first kappa shape index (κ1) is 19.0. The van der Waals surface area contributed by atoms with Gasteiger partial charge in [-0.05, 0) is 45.3 Å². The van der Waals surface area contributed by atoms with E-state index in [1.165, 1.54) is 0 Å². The molecule has 0 aliphatic carbocycles. The van der Waals surface area contributed by atoms with E-state index in [2.05, 4.69) is 13.5 Å². The summed E-state index contributed by atoms with van der Waals surface area (Å²) in [5.41, 5.74) is 1.72. The fourth-order valence-electron chi connectivity index (χ4n) is 2.36. The lowest BCUT2D eigenvalue weighted by Crippen LogP contribution is -2.42. The second-order valence-electron chi connectivity index (χ2n) is 6.60. The normalized spacial score (nSPS) is 13.3. The molecule has 3 nitrogen and oxygen atoms in total. The van der Waals surface area contributed by atoms with E-state index in [0.717, 1.165) is 17.6 Å². The van der Waals surface area contributed by atoms with E-state index in [0.29, 0.717) is 6.54 Å². The van der Waals surface area contributed by atoms with Crippen LogP contribution in [0, 0.1) is 0 Å². The summed E-state index contributed by atoms with van der Waals surface area (Å²) >= 11 is 0. The highest BCUT2D eigenvalue weighted by Crippen LogP contribution is 2.20. The van der Waals surface area contributed by atoms with Gasteiger partial charge in [-0.25, -0.2) is 4.79 Å². The van der Waals surface area contributed by atoms with E-state index in [9.17, 15) is 4.79 Å². The van der Waals surface area contributed by atoms with Crippen molar-refractivity contribution in [1.82, 2.24) is 4.90 Å². The molecule has 1 amide bonds. The molecule has 0 N–H and O–H groups in total. The number of rotatable bonds is 6. The highest BCUT2D eigenvalue weighted by atomic mass is 16.6. The second kappa shape index (κ2) is 8.56. The molecule has 23 heavy (non-hydrogen) atoms. The molecule has 0 saturated heterocycles. The van der Waals surface area contributed by atoms with Crippen molar-refractivity contribution >= 4 is 6.09 Å². The van der Waals surface area contributed by atoms with E-state index >= 15 is 0 Å². The summed E-state index contributed by atoms with van der Waals surface area (Å²) < 4.78 is 5.60. The van der Waals surface area contributed by atoms with E-state index < -0.39 is 5.60 Å². The zero-order valence-corrected chi connectivity index (χ0v) is 15.0. The first-order valence-electron chi connectivity index (χ1n) is 8.13. The monoisotopic (exact) mass is 315 g/mol. The Balaban J connectivity index is 3.07. The molecule has 1 atom stereocenters. The van der Waals surface area contributed by atoms with Crippen LogP contribution in [0.15, 0.2) is 54.6 Å². The van der Waals surface area contributed by atoms with E-state index in [1.807, 2.05) is 64.1 Å². The SMILES string of the molecule is C=C/C=C(\CC)C(C)N(Cc1ccccc1)C(=O)OC(C)(C)C. The molecule has 0 fully saturated rings. The standard InChI is InChI=1S/C20H29NO2/c1-7-12-18(8-2)16(3)21(19(22)23-20(4,5)6)15-17-13-10-9-11-14-17/h7,9-14,16H,1,8,15H2,2-6H3/b18-12+. The topological polar surface area (TPSA) is 29.5 Å². The molecule has 126 valence electrons. The third-order valence-electron chi connectivity index (χ3n) is 3.57. The molecule has 1 aromatic rings. The van der Waals surface area contributed by atoms with Gasteiger partial charge in [0.15, 0.2) is 0 Å². The number of allylic oxidation sites excluding steroid dienone is 2. The Morgan fingerprint density at radius 3 is 2.39 bits per heavy atom. The number of ether oxygens (including phenoxy) is 1. The average molecular weight is 315 g/mol. The summed E-state index contributed by atoms with van der Waals surface area (Å²) in [5.74, 6) is 0. The summed E-state index contributed by atoms with van der Waals surface area (Å²) in [6.45, 7) is 14.1. The van der Waals surface area contributed by atoms with Gasteiger partial charge in [0.1, 0.15) is 5.60 Å². The van der Waals surface area contributed by atoms with Crippen LogP contribution < -0.4 is 0 Å². The smallest absolute Gasteiger partial charge is 0.411 e. The van der Waals surface area contributed by atoms with Gasteiger partial charge in [-0.2, -0.15) is 0 Å². The Bertz CT molecular complexity index is 541. The van der Waals surface area contributed by atoms with Gasteiger partial charge in [0, 0.05) is 6.54 Å². The van der Waals surface area contributed by atoms with Crippen LogP contribution >= 0.6 is 0 Å². The molecule has 0 heterocycles. The molecule has 0 aromatic heterocycles. The highest BCUT2D eigenvalue weighted by molar-refractivity contribution is 5.69. The number of hydrogen-bond donors (Lipinski definition) is 0. The maximum Gasteiger partial charge on any atom is 0.411 e. The minimum Gasteiger partial charge on any atom is -0.444 e. The van der Waals surface area contributed by atoms with Crippen LogP contribution in [-0.2, 0) is 11.3 Å². The average Bonchev–Trinajstić information content (AvgIpc) is 2.49. The van der Waals surface area contributed by atoms with Crippen LogP contribution in [0.3, 0.4) is 0 Å². The van der Waals surface area contributed by atoms with Crippen molar-refractivity contribution in [2.45, 2.75) is 59.2 Å². The molecule has 0 aliphatic heterocycles. The fraction of sp³-hybridized carbons (Fsp3) is 0.450. The van der Waals surface area contributed by atoms with Crippen molar-refractivity contribution in [3.8, 4) is 0 Å². The van der Waals surface area contributed by atoms with Crippen LogP contribution in [0.2, 0.25) is 0 Å². The Morgan fingerprint density at radius 2 is 1.91 bits per heavy atom. The minimum atomic E-state index is -0.514. The lowest BCUT2D eigenvalue weighted by Gasteiger charge is -2.33. The van der Waals surface area contributed by atoms with Gasteiger partial charge < -0.3 is 4.74 Å². The number of nitrogens with zero attached hydrogens (tertiary/aromatic N) is 1. The van der Waals surface area contributed by atoms with E-state index in [4.69, 9.17) is 4.74 Å². The van der Waals surface area contributed by atoms with Crippen molar-refractivity contribution in [3.05, 3.63) is 60.2 Å². The van der Waals surface area contributed by atoms with Gasteiger partial charge in [0.05, 0.1) is 6.04 Å². The van der Waals surface area contributed by atoms with Gasteiger partial charge in [-0.15, -0.1) is 0 Å². The molecular weight excluding hydrogens is 286 g/mol. The molecule has 1 unspecified atom stereocenters. The van der Waals surface area contributed by atoms with Crippen LogP contribution in [0.5, 0.6) is 0 Å². The van der Waals surface area contributed by atoms with Gasteiger partial charge in [-0.1, -0.05) is 56.0 Å². The summed E-state index contributed by atoms with van der Waals surface area (Å²) in [6.07, 6.45) is 4.32. The first-order chi connectivity index (χ1) is 10.8. The maximum absolute atomic E-state index is 12.7. The summed E-state index contributed by atoms with van der Waals surface area (Å²) in [6, 6.07) is 9.92. The zero-order chi connectivity index (χ0) is 17.5. The van der Waals surface area contributed by atoms with Crippen LogP contribution in [0.25, 0.3) is 0 Å². The highest BCUT2D eigenvalue weighted by Gasteiger charge is 2.27. The molecule has 1 rings (SSSR count). The van der Waals surface area contributed by atoms with Crippen LogP contribution in [0.1, 0.15) is 46.6 Å². The maximum atomic E-state index is 12.7. The molecule has 0 bridgehead atoms. The summed E-state index contributed by atoms with van der Waals surface area (Å²) in [4.78, 5) is 14.5. The molecule has 1 aromatic carbocycles. The second-order valence-corrected chi connectivity index (χ2v) is 6.60. The summed E-state index contributed by atoms with van der Waals surface area (Å²) in [7, 11) is 0. The predicted molar refractivity (Wildman–Crippen MR) is 96.3 cm³/mol. The molecule has 0 radical (unpaired) electrons. The Morgan fingerprint density at radius 1 is 1.30 bits per heavy atom. The van der Waals surface area contributed by atoms with Crippen molar-refractivity contribution in [1.29, 1.82) is 0 Å². The lowest BCUT2D eigenvalue weighted by molar-refractivity contribution is 0.0183. The Hall–Kier alpha value is -2.03. The molecule has 0 aliphatic rings. The van der Waals surface area contributed by atoms with Crippen molar-refractivity contribution in [2.24, 2.45) is 0 Å². The van der Waals surface area contributed by atoms with E-state index in [1.54, 1.807) is 11.0 Å². The molecular formula is C20H29NO2. The van der Waals surface area contributed by atoms with Gasteiger partial charge in [-0.3, -0.25) is 4.90 Å². The molecule has 3 heteroatoms.